The van der Waals surface area contributed by atoms with Crippen LogP contribution < -0.4 is 5.32 Å². The molecule has 0 aliphatic heterocycles. The van der Waals surface area contributed by atoms with E-state index in [1.165, 1.54) is 23.5 Å². The number of carbonyl (C=O) groups excluding carboxylic acids is 1. The van der Waals surface area contributed by atoms with Crippen LogP contribution in [0.4, 0.5) is 9.52 Å². The number of carbonyl (C=O) groups is 1. The normalized spacial score (nSPS) is 15.6. The van der Waals surface area contributed by atoms with Gasteiger partial charge in [0.15, 0.2) is 5.13 Å². The Morgan fingerprint density at radius 3 is 2.61 bits per heavy atom. The number of fused-ring (bicyclic) bond motifs is 1. The van der Waals surface area contributed by atoms with Gasteiger partial charge in [-0.2, -0.15) is 0 Å². The molecule has 116 valence electrons. The predicted octanol–water partition coefficient (Wildman–Crippen LogP) is 4.41. The van der Waals surface area contributed by atoms with Gasteiger partial charge in [0.25, 0.3) is 0 Å². The number of benzene rings is 2. The summed E-state index contributed by atoms with van der Waals surface area (Å²) < 4.78 is 14.2. The number of nitrogens with zero attached hydrogens (tertiary/aromatic N) is 1. The molecule has 0 unspecified atom stereocenters. The van der Waals surface area contributed by atoms with Gasteiger partial charge < -0.3 is 5.32 Å². The third kappa shape index (κ3) is 2.41. The Labute approximate surface area is 137 Å². The van der Waals surface area contributed by atoms with Crippen LogP contribution in [0.1, 0.15) is 24.0 Å². The van der Waals surface area contributed by atoms with E-state index in [1.807, 2.05) is 25.1 Å². The fourth-order valence-electron chi connectivity index (χ4n) is 2.90. The van der Waals surface area contributed by atoms with Gasteiger partial charge in [-0.1, -0.05) is 35.6 Å². The maximum absolute atomic E-state index is 13.1. The van der Waals surface area contributed by atoms with Gasteiger partial charge in [-0.15, -0.1) is 0 Å². The van der Waals surface area contributed by atoms with Crippen molar-refractivity contribution < 1.29 is 9.18 Å². The second kappa shape index (κ2) is 5.13. The summed E-state index contributed by atoms with van der Waals surface area (Å²) >= 11 is 1.48. The number of hydrogen-bond donors (Lipinski definition) is 1. The smallest absolute Gasteiger partial charge is 0.236 e. The number of para-hydroxylation sites is 1. The first kappa shape index (κ1) is 14.3. The highest BCUT2D eigenvalue weighted by molar-refractivity contribution is 7.22. The average molecular weight is 326 g/mol. The van der Waals surface area contributed by atoms with Crippen LogP contribution in [0.3, 0.4) is 0 Å². The van der Waals surface area contributed by atoms with Crippen molar-refractivity contribution in [3.8, 4) is 0 Å². The molecule has 5 heteroatoms. The van der Waals surface area contributed by atoms with E-state index in [1.54, 1.807) is 12.1 Å². The minimum absolute atomic E-state index is 0.0548. The Balaban J connectivity index is 1.61. The molecule has 3 nitrogen and oxygen atoms in total. The number of aromatic nitrogens is 1. The Morgan fingerprint density at radius 1 is 1.22 bits per heavy atom. The summed E-state index contributed by atoms with van der Waals surface area (Å²) in [5.41, 5.74) is 2.37. The van der Waals surface area contributed by atoms with E-state index in [2.05, 4.69) is 10.3 Å². The number of amides is 1. The summed E-state index contributed by atoms with van der Waals surface area (Å²) in [5, 5.41) is 3.57. The molecule has 0 spiro atoms. The molecule has 0 atom stereocenters. The van der Waals surface area contributed by atoms with E-state index >= 15 is 0 Å². The molecule has 1 aliphatic rings. The quantitative estimate of drug-likeness (QED) is 0.774. The number of rotatable bonds is 3. The summed E-state index contributed by atoms with van der Waals surface area (Å²) in [6.45, 7) is 2.01. The highest BCUT2D eigenvalue weighted by atomic mass is 32.1. The van der Waals surface area contributed by atoms with Crippen molar-refractivity contribution in [2.24, 2.45) is 0 Å². The highest BCUT2D eigenvalue weighted by Gasteiger charge is 2.51. The monoisotopic (exact) mass is 326 g/mol. The molecule has 1 aliphatic carbocycles. The number of anilines is 1. The van der Waals surface area contributed by atoms with Crippen LogP contribution >= 0.6 is 11.3 Å². The molecule has 23 heavy (non-hydrogen) atoms. The molecular weight excluding hydrogens is 311 g/mol. The minimum Gasteiger partial charge on any atom is -0.301 e. The van der Waals surface area contributed by atoms with Gasteiger partial charge in [0.2, 0.25) is 5.91 Å². The Hall–Kier alpha value is -2.27. The van der Waals surface area contributed by atoms with E-state index < -0.39 is 5.41 Å². The van der Waals surface area contributed by atoms with Crippen molar-refractivity contribution in [3.63, 3.8) is 0 Å². The maximum Gasteiger partial charge on any atom is 0.236 e. The zero-order valence-corrected chi connectivity index (χ0v) is 13.4. The summed E-state index contributed by atoms with van der Waals surface area (Å²) in [5.74, 6) is -0.340. The molecule has 1 saturated carbocycles. The third-order valence-electron chi connectivity index (χ3n) is 4.42. The molecule has 0 bridgehead atoms. The van der Waals surface area contributed by atoms with Crippen LogP contribution in [0.2, 0.25) is 0 Å². The van der Waals surface area contributed by atoms with Crippen molar-refractivity contribution in [1.29, 1.82) is 0 Å². The van der Waals surface area contributed by atoms with E-state index in [0.717, 1.165) is 34.2 Å². The summed E-state index contributed by atoms with van der Waals surface area (Å²) in [7, 11) is 0. The maximum atomic E-state index is 13.1. The van der Waals surface area contributed by atoms with Gasteiger partial charge in [-0.05, 0) is 49.1 Å². The number of nitrogens with one attached hydrogen (secondary N) is 1. The van der Waals surface area contributed by atoms with E-state index in [9.17, 15) is 9.18 Å². The lowest BCUT2D eigenvalue weighted by Crippen LogP contribution is -2.27. The molecule has 3 aromatic rings. The molecule has 1 N–H and O–H groups in total. The first-order chi connectivity index (χ1) is 11.1. The van der Waals surface area contributed by atoms with Crippen molar-refractivity contribution in [1.82, 2.24) is 4.98 Å². The lowest BCUT2D eigenvalue weighted by atomic mass is 9.95. The van der Waals surface area contributed by atoms with Crippen LogP contribution in [-0.4, -0.2) is 10.9 Å². The van der Waals surface area contributed by atoms with Gasteiger partial charge in [-0.25, -0.2) is 9.37 Å². The van der Waals surface area contributed by atoms with Gasteiger partial charge in [-0.3, -0.25) is 4.79 Å². The average Bonchev–Trinajstić information content (AvgIpc) is 3.24. The lowest BCUT2D eigenvalue weighted by Gasteiger charge is -2.14. The van der Waals surface area contributed by atoms with Crippen LogP contribution in [0, 0.1) is 12.7 Å². The summed E-state index contributed by atoms with van der Waals surface area (Å²) in [6.07, 6.45) is 1.57. The third-order valence-corrected chi connectivity index (χ3v) is 5.36. The fraction of sp³-hybridized carbons (Fsp3) is 0.222. The van der Waals surface area contributed by atoms with Crippen LogP contribution in [-0.2, 0) is 10.2 Å². The number of hydrogen-bond acceptors (Lipinski definition) is 3. The van der Waals surface area contributed by atoms with Gasteiger partial charge in [0.1, 0.15) is 5.82 Å². The Kier molecular flexibility index (Phi) is 3.20. The standard InChI is InChI=1S/C18H15FN2OS/c1-11-3-2-4-14-15(11)20-17(23-14)21-16(22)18(9-10-18)12-5-7-13(19)8-6-12/h2-8H,9-10H2,1H3,(H,20,21,22). The van der Waals surface area contributed by atoms with Gasteiger partial charge >= 0.3 is 0 Å². The van der Waals surface area contributed by atoms with Gasteiger partial charge in [0, 0.05) is 0 Å². The van der Waals surface area contributed by atoms with Gasteiger partial charge in [0.05, 0.1) is 15.6 Å². The Morgan fingerprint density at radius 2 is 1.96 bits per heavy atom. The molecule has 1 aromatic heterocycles. The molecular formula is C18H15FN2OS. The molecule has 2 aromatic carbocycles. The zero-order chi connectivity index (χ0) is 16.0. The van der Waals surface area contributed by atoms with Crippen molar-refractivity contribution in [3.05, 3.63) is 59.4 Å². The zero-order valence-electron chi connectivity index (χ0n) is 12.6. The lowest BCUT2D eigenvalue weighted by molar-refractivity contribution is -0.118. The van der Waals surface area contributed by atoms with E-state index in [4.69, 9.17) is 0 Å². The van der Waals surface area contributed by atoms with Crippen molar-refractivity contribution >= 4 is 32.6 Å². The van der Waals surface area contributed by atoms with Crippen molar-refractivity contribution in [2.45, 2.75) is 25.2 Å². The van der Waals surface area contributed by atoms with Crippen LogP contribution in [0.5, 0.6) is 0 Å². The first-order valence-electron chi connectivity index (χ1n) is 7.52. The molecule has 1 fully saturated rings. The molecule has 4 rings (SSSR count). The minimum atomic E-state index is -0.527. The molecule has 1 heterocycles. The first-order valence-corrected chi connectivity index (χ1v) is 8.34. The topological polar surface area (TPSA) is 42.0 Å². The molecule has 0 saturated heterocycles. The number of thiazole rings is 1. The second-order valence-corrected chi connectivity index (χ2v) is 7.01. The summed E-state index contributed by atoms with van der Waals surface area (Å²) in [4.78, 5) is 17.2. The van der Waals surface area contributed by atoms with Crippen LogP contribution in [0.15, 0.2) is 42.5 Å². The Bertz CT molecular complexity index is 897. The van der Waals surface area contributed by atoms with Crippen molar-refractivity contribution in [2.75, 3.05) is 5.32 Å². The van der Waals surface area contributed by atoms with Crippen LogP contribution in [0.25, 0.3) is 10.2 Å². The predicted molar refractivity (Wildman–Crippen MR) is 90.3 cm³/mol. The largest absolute Gasteiger partial charge is 0.301 e. The number of aryl methyl sites for hydroxylation is 1. The second-order valence-electron chi connectivity index (χ2n) is 5.98. The SMILES string of the molecule is Cc1cccc2sc(NC(=O)C3(c4ccc(F)cc4)CC3)nc12. The molecule has 1 amide bonds. The van der Waals surface area contributed by atoms with E-state index in [-0.39, 0.29) is 11.7 Å². The van der Waals surface area contributed by atoms with E-state index in [0.29, 0.717) is 5.13 Å². The molecule has 0 radical (unpaired) electrons. The fourth-order valence-corrected chi connectivity index (χ4v) is 3.84. The summed E-state index contributed by atoms with van der Waals surface area (Å²) in [6, 6.07) is 12.2. The number of halogens is 1. The highest BCUT2D eigenvalue weighted by Crippen LogP contribution is 2.49.